The molecule has 0 radical (unpaired) electrons. The Morgan fingerprint density at radius 1 is 1.16 bits per heavy atom. The lowest BCUT2D eigenvalue weighted by molar-refractivity contribution is -0.142. The van der Waals surface area contributed by atoms with Crippen LogP contribution in [0.1, 0.15) is 18.4 Å². The molecule has 7 heteroatoms. The Morgan fingerprint density at radius 2 is 1.88 bits per heavy atom. The Hall–Kier alpha value is -1.96. The van der Waals surface area contributed by atoms with E-state index >= 15 is 0 Å². The second kappa shape index (κ2) is 8.42. The molecule has 1 aromatic carbocycles. The SMILES string of the molecule is O=C(CN1CCC[C@@H]1C(=O)O)Nc1ccc(CN2CCOCC2)cc1. The minimum absolute atomic E-state index is 0.118. The molecule has 25 heavy (non-hydrogen) atoms. The molecule has 2 heterocycles. The number of carbonyl (C=O) groups excluding carboxylic acids is 1. The van der Waals surface area contributed by atoms with Gasteiger partial charge in [-0.05, 0) is 37.1 Å². The second-order valence-corrected chi connectivity index (χ2v) is 6.60. The highest BCUT2D eigenvalue weighted by molar-refractivity contribution is 5.92. The molecule has 1 aromatic rings. The molecule has 2 N–H and O–H groups in total. The van der Waals surface area contributed by atoms with Crippen molar-refractivity contribution in [1.82, 2.24) is 9.80 Å². The number of amides is 1. The van der Waals surface area contributed by atoms with E-state index in [1.807, 2.05) is 24.3 Å². The summed E-state index contributed by atoms with van der Waals surface area (Å²) in [6.45, 7) is 5.10. The van der Waals surface area contributed by atoms with E-state index < -0.39 is 12.0 Å². The van der Waals surface area contributed by atoms with Crippen molar-refractivity contribution in [2.75, 3.05) is 44.7 Å². The number of anilines is 1. The third-order valence-electron chi connectivity index (χ3n) is 4.74. The first-order valence-electron chi connectivity index (χ1n) is 8.77. The van der Waals surface area contributed by atoms with Gasteiger partial charge in [0.1, 0.15) is 6.04 Å². The van der Waals surface area contributed by atoms with Gasteiger partial charge < -0.3 is 15.2 Å². The van der Waals surface area contributed by atoms with Crippen molar-refractivity contribution in [1.29, 1.82) is 0 Å². The number of carbonyl (C=O) groups is 2. The maximum absolute atomic E-state index is 12.2. The number of aliphatic carboxylic acids is 1. The number of likely N-dealkylation sites (tertiary alicyclic amines) is 1. The van der Waals surface area contributed by atoms with Gasteiger partial charge in [0, 0.05) is 25.3 Å². The van der Waals surface area contributed by atoms with Gasteiger partial charge in [0.05, 0.1) is 19.8 Å². The van der Waals surface area contributed by atoms with Crippen molar-refractivity contribution >= 4 is 17.6 Å². The number of hydrogen-bond donors (Lipinski definition) is 2. The van der Waals surface area contributed by atoms with Crippen molar-refractivity contribution in [3.8, 4) is 0 Å². The average Bonchev–Trinajstić information content (AvgIpc) is 3.06. The van der Waals surface area contributed by atoms with E-state index in [0.29, 0.717) is 13.0 Å². The molecular formula is C18H25N3O4. The van der Waals surface area contributed by atoms with Crippen molar-refractivity contribution in [3.63, 3.8) is 0 Å². The first-order valence-corrected chi connectivity index (χ1v) is 8.77. The van der Waals surface area contributed by atoms with Crippen LogP contribution in [0.5, 0.6) is 0 Å². The maximum atomic E-state index is 12.2. The fourth-order valence-corrected chi connectivity index (χ4v) is 3.39. The summed E-state index contributed by atoms with van der Waals surface area (Å²) in [4.78, 5) is 27.4. The number of carboxylic acid groups (broad SMARTS) is 1. The van der Waals surface area contributed by atoms with Crippen LogP contribution in [0, 0.1) is 0 Å². The highest BCUT2D eigenvalue weighted by Gasteiger charge is 2.31. The number of ether oxygens (including phenoxy) is 1. The summed E-state index contributed by atoms with van der Waals surface area (Å²) in [7, 11) is 0. The molecule has 0 unspecified atom stereocenters. The van der Waals surface area contributed by atoms with Gasteiger partial charge in [-0.3, -0.25) is 19.4 Å². The Morgan fingerprint density at radius 3 is 2.56 bits per heavy atom. The van der Waals surface area contributed by atoms with E-state index in [1.165, 1.54) is 5.56 Å². The number of nitrogens with one attached hydrogen (secondary N) is 1. The Balaban J connectivity index is 1.49. The van der Waals surface area contributed by atoms with E-state index in [9.17, 15) is 9.59 Å². The number of benzene rings is 1. The summed E-state index contributed by atoms with van der Waals surface area (Å²) in [6, 6.07) is 7.28. The first kappa shape index (κ1) is 17.8. The van der Waals surface area contributed by atoms with Gasteiger partial charge in [-0.1, -0.05) is 12.1 Å². The summed E-state index contributed by atoms with van der Waals surface area (Å²) in [5, 5.41) is 12.0. The predicted molar refractivity (Wildman–Crippen MR) is 93.4 cm³/mol. The molecule has 136 valence electrons. The van der Waals surface area contributed by atoms with Crippen LogP contribution in [0.4, 0.5) is 5.69 Å². The van der Waals surface area contributed by atoms with E-state index in [0.717, 1.165) is 45.0 Å². The third kappa shape index (κ3) is 5.01. The van der Waals surface area contributed by atoms with Crippen molar-refractivity contribution in [3.05, 3.63) is 29.8 Å². The number of rotatable bonds is 6. The van der Waals surface area contributed by atoms with Gasteiger partial charge in [-0.2, -0.15) is 0 Å². The summed E-state index contributed by atoms with van der Waals surface area (Å²) < 4.78 is 5.35. The molecule has 2 aliphatic heterocycles. The zero-order valence-corrected chi connectivity index (χ0v) is 14.3. The summed E-state index contributed by atoms with van der Waals surface area (Å²) >= 11 is 0. The molecule has 2 fully saturated rings. The summed E-state index contributed by atoms with van der Waals surface area (Å²) in [6.07, 6.45) is 1.43. The molecule has 0 aliphatic carbocycles. The van der Waals surface area contributed by atoms with E-state index in [2.05, 4.69) is 10.2 Å². The van der Waals surface area contributed by atoms with Crippen LogP contribution < -0.4 is 5.32 Å². The van der Waals surface area contributed by atoms with Crippen LogP contribution in [-0.2, 0) is 20.9 Å². The molecule has 0 saturated carbocycles. The average molecular weight is 347 g/mol. The zero-order valence-electron chi connectivity index (χ0n) is 14.3. The van der Waals surface area contributed by atoms with Crippen molar-refractivity contribution in [2.24, 2.45) is 0 Å². The minimum atomic E-state index is -0.849. The lowest BCUT2D eigenvalue weighted by Crippen LogP contribution is -2.40. The normalized spacial score (nSPS) is 22.0. The number of nitrogens with zero attached hydrogens (tertiary/aromatic N) is 2. The van der Waals surface area contributed by atoms with E-state index in [4.69, 9.17) is 9.84 Å². The molecule has 2 saturated heterocycles. The number of morpholine rings is 1. The van der Waals surface area contributed by atoms with Crippen molar-refractivity contribution < 1.29 is 19.4 Å². The van der Waals surface area contributed by atoms with Crippen LogP contribution in [-0.4, -0.2) is 72.2 Å². The van der Waals surface area contributed by atoms with Gasteiger partial charge in [0.25, 0.3) is 0 Å². The van der Waals surface area contributed by atoms with Gasteiger partial charge in [-0.25, -0.2) is 0 Å². The molecule has 2 aliphatic rings. The standard InChI is InChI=1S/C18H25N3O4/c22-17(13-21-7-1-2-16(21)18(23)24)19-15-5-3-14(4-6-15)12-20-8-10-25-11-9-20/h3-6,16H,1-2,7-13H2,(H,19,22)(H,23,24)/t16-/m1/s1. The number of hydrogen-bond acceptors (Lipinski definition) is 5. The quantitative estimate of drug-likeness (QED) is 0.799. The Bertz CT molecular complexity index is 599. The monoisotopic (exact) mass is 347 g/mol. The van der Waals surface area contributed by atoms with Crippen LogP contribution in [0.25, 0.3) is 0 Å². The lowest BCUT2D eigenvalue weighted by atomic mass is 10.2. The van der Waals surface area contributed by atoms with Gasteiger partial charge in [0.15, 0.2) is 0 Å². The molecular weight excluding hydrogens is 322 g/mol. The number of carboxylic acids is 1. The molecule has 1 atom stereocenters. The summed E-state index contributed by atoms with van der Waals surface area (Å²) in [5.74, 6) is -1.02. The lowest BCUT2D eigenvalue weighted by Gasteiger charge is -2.26. The smallest absolute Gasteiger partial charge is 0.320 e. The predicted octanol–water partition coefficient (Wildman–Crippen LogP) is 1.01. The van der Waals surface area contributed by atoms with E-state index in [1.54, 1.807) is 4.90 Å². The highest BCUT2D eigenvalue weighted by Crippen LogP contribution is 2.17. The zero-order chi connectivity index (χ0) is 17.6. The van der Waals surface area contributed by atoms with Crippen molar-refractivity contribution in [2.45, 2.75) is 25.4 Å². The van der Waals surface area contributed by atoms with E-state index in [-0.39, 0.29) is 12.5 Å². The van der Waals surface area contributed by atoms with Gasteiger partial charge in [-0.15, -0.1) is 0 Å². The molecule has 7 nitrogen and oxygen atoms in total. The third-order valence-corrected chi connectivity index (χ3v) is 4.74. The van der Waals surface area contributed by atoms with Gasteiger partial charge >= 0.3 is 5.97 Å². The molecule has 3 rings (SSSR count). The summed E-state index contributed by atoms with van der Waals surface area (Å²) in [5.41, 5.74) is 1.94. The largest absolute Gasteiger partial charge is 0.480 e. The fourth-order valence-electron chi connectivity index (χ4n) is 3.39. The second-order valence-electron chi connectivity index (χ2n) is 6.60. The first-order chi connectivity index (χ1) is 12.1. The molecule has 0 bridgehead atoms. The topological polar surface area (TPSA) is 82.1 Å². The van der Waals surface area contributed by atoms with Crippen LogP contribution >= 0.6 is 0 Å². The molecule has 1 amide bonds. The highest BCUT2D eigenvalue weighted by atomic mass is 16.5. The molecule has 0 aromatic heterocycles. The maximum Gasteiger partial charge on any atom is 0.320 e. The van der Waals surface area contributed by atoms with Crippen LogP contribution in [0.15, 0.2) is 24.3 Å². The Labute approximate surface area is 147 Å². The minimum Gasteiger partial charge on any atom is -0.480 e. The molecule has 0 spiro atoms. The van der Waals surface area contributed by atoms with Crippen LogP contribution in [0.3, 0.4) is 0 Å². The Kier molecular flexibility index (Phi) is 6.01. The van der Waals surface area contributed by atoms with Gasteiger partial charge in [0.2, 0.25) is 5.91 Å². The van der Waals surface area contributed by atoms with Crippen LogP contribution in [0.2, 0.25) is 0 Å². The fraction of sp³-hybridized carbons (Fsp3) is 0.556.